The van der Waals surface area contributed by atoms with Gasteiger partial charge in [-0.25, -0.2) is 4.79 Å². The van der Waals surface area contributed by atoms with Crippen LogP contribution in [0.3, 0.4) is 0 Å². The molecule has 0 fully saturated rings. The van der Waals surface area contributed by atoms with Gasteiger partial charge >= 0.3 is 5.69 Å². The van der Waals surface area contributed by atoms with E-state index in [4.69, 9.17) is 0 Å². The number of nitrogens with zero attached hydrogens (tertiary/aromatic N) is 2. The van der Waals surface area contributed by atoms with Crippen molar-refractivity contribution in [2.45, 2.75) is 13.0 Å². The monoisotopic (exact) mass is 347 g/mol. The van der Waals surface area contributed by atoms with Crippen molar-refractivity contribution in [1.82, 2.24) is 9.13 Å². The molecule has 0 bridgehead atoms. The molecule has 1 aliphatic carbocycles. The number of fused-ring (bicyclic) bond motifs is 3. The van der Waals surface area contributed by atoms with Gasteiger partial charge in [0, 0.05) is 25.0 Å². The summed E-state index contributed by atoms with van der Waals surface area (Å²) in [6.07, 6.45) is 2.18. The topological polar surface area (TPSA) is 73.1 Å². The summed E-state index contributed by atoms with van der Waals surface area (Å²) in [6, 6.07) is 15.4. The second kappa shape index (κ2) is 6.15. The third-order valence-electron chi connectivity index (χ3n) is 4.65. The Hall–Kier alpha value is -3.41. The van der Waals surface area contributed by atoms with Crippen molar-refractivity contribution >= 4 is 11.6 Å². The molecule has 1 heterocycles. The van der Waals surface area contributed by atoms with Crippen LogP contribution in [0.2, 0.25) is 0 Å². The molecule has 3 aromatic rings. The Balaban J connectivity index is 1.53. The molecule has 1 N–H and O–H groups in total. The van der Waals surface area contributed by atoms with Gasteiger partial charge in [0.15, 0.2) is 0 Å². The van der Waals surface area contributed by atoms with Crippen LogP contribution in [0.4, 0.5) is 5.69 Å². The smallest absolute Gasteiger partial charge is 0.325 e. The van der Waals surface area contributed by atoms with E-state index in [0.29, 0.717) is 5.69 Å². The number of hydrogen-bond donors (Lipinski definition) is 1. The number of nitrogens with one attached hydrogen (secondary N) is 1. The third-order valence-corrected chi connectivity index (χ3v) is 4.65. The summed E-state index contributed by atoms with van der Waals surface area (Å²) < 4.78 is 2.18. The standard InChI is InChI=1S/C20H17N3O3/c1-22-19(25)8-9-23(20(22)26)12-18(24)21-15-6-7-17-14(11-15)10-13-4-2-3-5-16(13)17/h2-9,11H,10,12H2,1H3,(H,21,24). The molecule has 1 aromatic heterocycles. The van der Waals surface area contributed by atoms with Crippen molar-refractivity contribution in [3.05, 3.63) is 86.7 Å². The highest BCUT2D eigenvalue weighted by molar-refractivity contribution is 5.91. The quantitative estimate of drug-likeness (QED) is 0.614. The van der Waals surface area contributed by atoms with Crippen molar-refractivity contribution < 1.29 is 4.79 Å². The summed E-state index contributed by atoms with van der Waals surface area (Å²) in [6.45, 7) is -0.149. The Morgan fingerprint density at radius 3 is 2.65 bits per heavy atom. The first-order chi connectivity index (χ1) is 12.5. The largest absolute Gasteiger partial charge is 0.331 e. The number of aromatic nitrogens is 2. The Morgan fingerprint density at radius 2 is 1.81 bits per heavy atom. The van der Waals surface area contributed by atoms with E-state index in [1.807, 2.05) is 30.3 Å². The number of carbonyl (C=O) groups excluding carboxylic acids is 1. The molecule has 4 rings (SSSR count). The molecular formula is C20H17N3O3. The first-order valence-electron chi connectivity index (χ1n) is 8.30. The van der Waals surface area contributed by atoms with E-state index in [9.17, 15) is 14.4 Å². The van der Waals surface area contributed by atoms with Gasteiger partial charge in [0.2, 0.25) is 5.91 Å². The highest BCUT2D eigenvalue weighted by atomic mass is 16.2. The SMILES string of the molecule is Cn1c(=O)ccn(CC(=O)Nc2ccc3c(c2)Cc2ccccc2-3)c1=O. The van der Waals surface area contributed by atoms with E-state index in [0.717, 1.165) is 11.0 Å². The van der Waals surface area contributed by atoms with Crippen LogP contribution in [0.15, 0.2) is 64.3 Å². The Labute approximate surface area is 149 Å². The second-order valence-corrected chi connectivity index (χ2v) is 6.38. The molecule has 0 radical (unpaired) electrons. The summed E-state index contributed by atoms with van der Waals surface area (Å²) in [4.78, 5) is 35.7. The summed E-state index contributed by atoms with van der Waals surface area (Å²) in [5.41, 5.74) is 4.65. The van der Waals surface area contributed by atoms with Crippen LogP contribution in [0.1, 0.15) is 11.1 Å². The fourth-order valence-electron chi connectivity index (χ4n) is 3.31. The molecule has 0 saturated carbocycles. The van der Waals surface area contributed by atoms with Gasteiger partial charge in [-0.15, -0.1) is 0 Å². The van der Waals surface area contributed by atoms with Crippen molar-refractivity contribution in [2.75, 3.05) is 5.32 Å². The van der Waals surface area contributed by atoms with Crippen LogP contribution in [0, 0.1) is 0 Å². The molecule has 26 heavy (non-hydrogen) atoms. The lowest BCUT2D eigenvalue weighted by molar-refractivity contribution is -0.116. The van der Waals surface area contributed by atoms with Crippen LogP contribution in [0.25, 0.3) is 11.1 Å². The maximum absolute atomic E-state index is 12.3. The van der Waals surface area contributed by atoms with E-state index >= 15 is 0 Å². The van der Waals surface area contributed by atoms with Crippen LogP contribution >= 0.6 is 0 Å². The van der Waals surface area contributed by atoms with Crippen LogP contribution in [-0.4, -0.2) is 15.0 Å². The minimum atomic E-state index is -0.517. The van der Waals surface area contributed by atoms with Gasteiger partial charge in [0.1, 0.15) is 6.54 Å². The number of rotatable bonds is 3. The average molecular weight is 347 g/mol. The van der Waals surface area contributed by atoms with Crippen LogP contribution in [-0.2, 0) is 24.8 Å². The molecule has 6 heteroatoms. The van der Waals surface area contributed by atoms with Crippen molar-refractivity contribution in [3.8, 4) is 11.1 Å². The number of carbonyl (C=O) groups is 1. The molecule has 2 aromatic carbocycles. The molecule has 0 unspecified atom stereocenters. The number of amides is 1. The van der Waals surface area contributed by atoms with Crippen molar-refractivity contribution in [1.29, 1.82) is 0 Å². The highest BCUT2D eigenvalue weighted by Crippen LogP contribution is 2.37. The van der Waals surface area contributed by atoms with Crippen molar-refractivity contribution in [2.24, 2.45) is 7.05 Å². The van der Waals surface area contributed by atoms with Gasteiger partial charge in [-0.3, -0.25) is 18.7 Å². The maximum atomic E-state index is 12.3. The molecule has 1 aliphatic rings. The van der Waals surface area contributed by atoms with Crippen LogP contribution < -0.4 is 16.6 Å². The number of anilines is 1. The molecule has 6 nitrogen and oxygen atoms in total. The molecule has 1 amide bonds. The third kappa shape index (κ3) is 2.75. The van der Waals surface area contributed by atoms with E-state index in [-0.39, 0.29) is 12.5 Å². The average Bonchev–Trinajstić information content (AvgIpc) is 3.00. The molecule has 0 spiro atoms. The number of hydrogen-bond acceptors (Lipinski definition) is 3. The van der Waals surface area contributed by atoms with Crippen LogP contribution in [0.5, 0.6) is 0 Å². The summed E-state index contributed by atoms with van der Waals surface area (Å²) in [5, 5.41) is 2.82. The van der Waals surface area contributed by atoms with Gasteiger partial charge in [-0.1, -0.05) is 30.3 Å². The molecule has 0 aliphatic heterocycles. The zero-order valence-corrected chi connectivity index (χ0v) is 14.2. The fraction of sp³-hybridized carbons (Fsp3) is 0.150. The Bertz CT molecular complexity index is 1140. The normalized spacial score (nSPS) is 11.7. The van der Waals surface area contributed by atoms with E-state index in [1.54, 1.807) is 0 Å². The van der Waals surface area contributed by atoms with Gasteiger partial charge in [-0.05, 0) is 40.8 Å². The predicted octanol–water partition coefficient (Wildman–Crippen LogP) is 1.76. The zero-order valence-electron chi connectivity index (χ0n) is 14.2. The zero-order chi connectivity index (χ0) is 18.3. The van der Waals surface area contributed by atoms with Gasteiger partial charge in [0.25, 0.3) is 5.56 Å². The van der Waals surface area contributed by atoms with Gasteiger partial charge in [-0.2, -0.15) is 0 Å². The lowest BCUT2D eigenvalue weighted by atomic mass is 10.1. The Morgan fingerprint density at radius 1 is 1.04 bits per heavy atom. The molecule has 0 saturated heterocycles. The van der Waals surface area contributed by atoms with E-state index in [1.165, 1.54) is 46.1 Å². The molecule has 130 valence electrons. The molecular weight excluding hydrogens is 330 g/mol. The second-order valence-electron chi connectivity index (χ2n) is 6.38. The van der Waals surface area contributed by atoms with Gasteiger partial charge in [0.05, 0.1) is 0 Å². The lowest BCUT2D eigenvalue weighted by Gasteiger charge is -2.09. The number of benzene rings is 2. The minimum absolute atomic E-state index is 0.149. The Kier molecular flexibility index (Phi) is 3.80. The predicted molar refractivity (Wildman–Crippen MR) is 99.3 cm³/mol. The van der Waals surface area contributed by atoms with E-state index < -0.39 is 11.2 Å². The lowest BCUT2D eigenvalue weighted by Crippen LogP contribution is -2.38. The first kappa shape index (κ1) is 16.1. The summed E-state index contributed by atoms with van der Waals surface area (Å²) >= 11 is 0. The maximum Gasteiger partial charge on any atom is 0.331 e. The summed E-state index contributed by atoms with van der Waals surface area (Å²) in [7, 11) is 1.39. The van der Waals surface area contributed by atoms with Crippen molar-refractivity contribution in [3.63, 3.8) is 0 Å². The minimum Gasteiger partial charge on any atom is -0.325 e. The summed E-state index contributed by atoms with van der Waals surface area (Å²) in [5.74, 6) is -0.318. The fourth-order valence-corrected chi connectivity index (χ4v) is 3.31. The van der Waals surface area contributed by atoms with Gasteiger partial charge < -0.3 is 5.32 Å². The first-order valence-corrected chi connectivity index (χ1v) is 8.30. The highest BCUT2D eigenvalue weighted by Gasteiger charge is 2.18. The molecule has 0 atom stereocenters. The van der Waals surface area contributed by atoms with E-state index in [2.05, 4.69) is 17.4 Å².